The maximum absolute atomic E-state index is 14.7. The van der Waals surface area contributed by atoms with Gasteiger partial charge in [0.15, 0.2) is 19.3 Å². The summed E-state index contributed by atoms with van der Waals surface area (Å²) in [5.74, 6) is -0.503. The smallest absolute Gasteiger partial charge is 0.225 e. The number of pyridine rings is 1. The molecule has 0 spiro atoms. The first kappa shape index (κ1) is 24.9. The van der Waals surface area contributed by atoms with Gasteiger partial charge in [-0.25, -0.2) is 14.4 Å². The highest BCUT2D eigenvalue weighted by atomic mass is 35.5. The Balaban J connectivity index is 2.08. The lowest BCUT2D eigenvalue weighted by atomic mass is 9.90. The Morgan fingerprint density at radius 2 is 1.84 bits per heavy atom. The summed E-state index contributed by atoms with van der Waals surface area (Å²) in [5.41, 5.74) is -1.07. The SMILES string of the molecule is CC(C)(C)[Si](C)(C)OC[C@@H]1CC[C@](C)(O)CN1c1nc(Cl)nc2c(F)c(Cl)nc(Cl)c12. The van der Waals surface area contributed by atoms with Crippen LogP contribution in [0.1, 0.15) is 40.5 Å². The van der Waals surface area contributed by atoms with E-state index in [0.29, 0.717) is 25.3 Å². The van der Waals surface area contributed by atoms with E-state index >= 15 is 0 Å². The minimum Gasteiger partial charge on any atom is -0.415 e. The van der Waals surface area contributed by atoms with Gasteiger partial charge < -0.3 is 14.4 Å². The van der Waals surface area contributed by atoms with Gasteiger partial charge in [0.25, 0.3) is 0 Å². The van der Waals surface area contributed by atoms with Gasteiger partial charge >= 0.3 is 0 Å². The number of hydrogen-bond acceptors (Lipinski definition) is 6. The Bertz CT molecular complexity index is 1000. The second-order valence-electron chi connectivity index (χ2n) is 9.94. The lowest BCUT2D eigenvalue weighted by Gasteiger charge is -2.45. The van der Waals surface area contributed by atoms with Crippen molar-refractivity contribution >= 4 is 59.8 Å². The van der Waals surface area contributed by atoms with E-state index in [4.69, 9.17) is 39.2 Å². The number of halogens is 4. The van der Waals surface area contributed by atoms with Crippen LogP contribution in [0.4, 0.5) is 10.2 Å². The van der Waals surface area contributed by atoms with Crippen LogP contribution < -0.4 is 4.90 Å². The van der Waals surface area contributed by atoms with Crippen LogP contribution in [0.15, 0.2) is 0 Å². The molecule has 1 fully saturated rings. The molecule has 2 atom stereocenters. The molecule has 1 aliphatic heterocycles. The Kier molecular flexibility index (Phi) is 6.85. The van der Waals surface area contributed by atoms with E-state index in [0.717, 1.165) is 0 Å². The van der Waals surface area contributed by atoms with Gasteiger partial charge in [-0.1, -0.05) is 44.0 Å². The first-order chi connectivity index (χ1) is 14.1. The molecule has 3 heterocycles. The van der Waals surface area contributed by atoms with E-state index in [-0.39, 0.29) is 44.1 Å². The van der Waals surface area contributed by atoms with E-state index < -0.39 is 19.7 Å². The number of rotatable bonds is 4. The molecule has 1 N–H and O–H groups in total. The highest BCUT2D eigenvalue weighted by Gasteiger charge is 2.41. The molecular formula is C20H28Cl3FN4O2Si. The zero-order valence-electron chi connectivity index (χ0n) is 18.6. The van der Waals surface area contributed by atoms with E-state index in [9.17, 15) is 9.50 Å². The van der Waals surface area contributed by atoms with Crippen molar-refractivity contribution in [1.82, 2.24) is 15.0 Å². The maximum atomic E-state index is 14.7. The molecular weight excluding hydrogens is 482 g/mol. The summed E-state index contributed by atoms with van der Waals surface area (Å²) >= 11 is 18.3. The largest absolute Gasteiger partial charge is 0.415 e. The van der Waals surface area contributed by atoms with Crippen molar-refractivity contribution in [2.75, 3.05) is 18.1 Å². The summed E-state index contributed by atoms with van der Waals surface area (Å²) in [6.07, 6.45) is 1.25. The van der Waals surface area contributed by atoms with Crippen LogP contribution in [0.3, 0.4) is 0 Å². The van der Waals surface area contributed by atoms with Crippen LogP contribution in [0.2, 0.25) is 33.7 Å². The van der Waals surface area contributed by atoms with Gasteiger partial charge in [0, 0.05) is 6.54 Å². The number of nitrogens with zero attached hydrogens (tertiary/aromatic N) is 4. The lowest BCUT2D eigenvalue weighted by molar-refractivity contribution is 0.0311. The Hall–Kier alpha value is -0.773. The summed E-state index contributed by atoms with van der Waals surface area (Å²) in [6, 6.07) is -0.113. The van der Waals surface area contributed by atoms with Crippen LogP contribution in [-0.2, 0) is 4.43 Å². The molecule has 31 heavy (non-hydrogen) atoms. The van der Waals surface area contributed by atoms with Crippen LogP contribution in [0.5, 0.6) is 0 Å². The number of hydrogen-bond donors (Lipinski definition) is 1. The highest BCUT2D eigenvalue weighted by molar-refractivity contribution is 6.74. The second-order valence-corrected chi connectivity index (χ2v) is 15.8. The molecule has 6 nitrogen and oxygen atoms in total. The van der Waals surface area contributed by atoms with Gasteiger partial charge in [-0.3, -0.25) is 0 Å². The van der Waals surface area contributed by atoms with Crippen molar-refractivity contribution in [1.29, 1.82) is 0 Å². The minimum atomic E-state index is -2.01. The normalized spacial score (nSPS) is 22.9. The minimum absolute atomic E-state index is 0.0256. The molecule has 0 bridgehead atoms. The molecule has 0 aliphatic carbocycles. The predicted octanol–water partition coefficient (Wildman–Crippen LogP) is 5.87. The average Bonchev–Trinajstić information content (AvgIpc) is 2.63. The zero-order chi connectivity index (χ0) is 23.4. The number of aromatic nitrogens is 3. The summed E-state index contributed by atoms with van der Waals surface area (Å²) in [7, 11) is -2.01. The maximum Gasteiger partial charge on any atom is 0.225 e. The molecule has 0 saturated carbocycles. The molecule has 3 rings (SSSR count). The van der Waals surface area contributed by atoms with Crippen LogP contribution in [0, 0.1) is 5.82 Å². The van der Waals surface area contributed by atoms with Crippen molar-refractivity contribution in [3.05, 3.63) is 21.4 Å². The number of fused-ring (bicyclic) bond motifs is 1. The Morgan fingerprint density at radius 3 is 2.45 bits per heavy atom. The fourth-order valence-electron chi connectivity index (χ4n) is 3.42. The fraction of sp³-hybridized carbons (Fsp3) is 0.650. The van der Waals surface area contributed by atoms with Gasteiger partial charge in [0.05, 0.1) is 23.6 Å². The van der Waals surface area contributed by atoms with E-state index in [2.05, 4.69) is 48.8 Å². The molecule has 1 aliphatic rings. The van der Waals surface area contributed by atoms with Gasteiger partial charge in [0.2, 0.25) is 5.28 Å². The quantitative estimate of drug-likeness (QED) is 0.316. The van der Waals surface area contributed by atoms with Crippen molar-refractivity contribution in [3.63, 3.8) is 0 Å². The second kappa shape index (κ2) is 8.54. The summed E-state index contributed by atoms with van der Waals surface area (Å²) in [5, 5.41) is 10.5. The molecule has 172 valence electrons. The van der Waals surface area contributed by atoms with Crippen LogP contribution >= 0.6 is 34.8 Å². The monoisotopic (exact) mass is 508 g/mol. The summed E-state index contributed by atoms with van der Waals surface area (Å²) in [4.78, 5) is 14.1. The molecule has 0 aromatic carbocycles. The third-order valence-electron chi connectivity index (χ3n) is 6.34. The van der Waals surface area contributed by atoms with E-state index in [1.165, 1.54) is 0 Å². The average molecular weight is 510 g/mol. The van der Waals surface area contributed by atoms with Crippen molar-refractivity contribution in [3.8, 4) is 0 Å². The highest BCUT2D eigenvalue weighted by Crippen LogP contribution is 2.40. The molecule has 0 radical (unpaired) electrons. The van der Waals surface area contributed by atoms with E-state index in [1.807, 2.05) is 4.90 Å². The third-order valence-corrected chi connectivity index (χ3v) is 11.5. The lowest BCUT2D eigenvalue weighted by Crippen LogP contribution is -2.55. The summed E-state index contributed by atoms with van der Waals surface area (Å²) in [6.45, 7) is 13.4. The van der Waals surface area contributed by atoms with Gasteiger partial charge in [-0.05, 0) is 49.5 Å². The topological polar surface area (TPSA) is 71.4 Å². The van der Waals surface area contributed by atoms with Gasteiger partial charge in [0.1, 0.15) is 16.5 Å². The predicted molar refractivity (Wildman–Crippen MR) is 126 cm³/mol. The molecule has 0 unspecified atom stereocenters. The number of aliphatic hydroxyl groups is 1. The van der Waals surface area contributed by atoms with Gasteiger partial charge in [-0.15, -0.1) is 0 Å². The fourth-order valence-corrected chi connectivity index (χ4v) is 5.10. The number of β-amino-alcohol motifs (C(OH)–C–C–N with tert-alkyl or cyclic N) is 1. The first-order valence-corrected chi connectivity index (χ1v) is 14.2. The van der Waals surface area contributed by atoms with Gasteiger partial charge in [-0.2, -0.15) is 4.98 Å². The number of piperidine rings is 1. The standard InChI is InChI=1S/C20H28Cl3FN4O2Si/c1-19(2,3)31(5,6)30-9-11-7-8-20(4,29)10-28(11)17-12-14(25-18(23)27-17)13(24)16(22)26-15(12)21/h11,29H,7-10H2,1-6H3/t11-,20-/m0/s1. The van der Waals surface area contributed by atoms with Crippen molar-refractivity contribution in [2.24, 2.45) is 0 Å². The van der Waals surface area contributed by atoms with Crippen molar-refractivity contribution < 1.29 is 13.9 Å². The molecule has 11 heteroatoms. The Morgan fingerprint density at radius 1 is 1.19 bits per heavy atom. The van der Waals surface area contributed by atoms with Crippen LogP contribution in [-0.4, -0.2) is 53.2 Å². The third kappa shape index (κ3) is 5.09. The van der Waals surface area contributed by atoms with Crippen molar-refractivity contribution in [2.45, 2.75) is 70.3 Å². The first-order valence-electron chi connectivity index (χ1n) is 10.1. The molecule has 1 saturated heterocycles. The number of anilines is 1. The molecule has 2 aromatic rings. The van der Waals surface area contributed by atoms with E-state index in [1.54, 1.807) is 6.92 Å². The zero-order valence-corrected chi connectivity index (χ0v) is 21.8. The molecule has 2 aromatic heterocycles. The van der Waals surface area contributed by atoms with Crippen LogP contribution in [0.25, 0.3) is 10.9 Å². The molecule has 0 amide bonds. The summed E-state index contributed by atoms with van der Waals surface area (Å²) < 4.78 is 21.2. The Labute approximate surface area is 198 Å².